The summed E-state index contributed by atoms with van der Waals surface area (Å²) in [5.41, 5.74) is 7.16. The van der Waals surface area contributed by atoms with Crippen LogP contribution in [0.15, 0.2) is 65.6 Å². The Morgan fingerprint density at radius 3 is 2.30 bits per heavy atom. The monoisotopic (exact) mass is 777 g/mol. The number of unbranched alkanes of at least 4 members (excludes halogenated alkanes) is 8. The summed E-state index contributed by atoms with van der Waals surface area (Å²) in [5.74, 6) is 0.137. The number of aromatic nitrogens is 1. The molecular formula is C42H53Cl2N5O3S. The first-order valence-corrected chi connectivity index (χ1v) is 21.7. The smallest absolute Gasteiger partial charge is 0.264 e. The Morgan fingerprint density at radius 1 is 0.792 bits per heavy atom. The third-order valence-electron chi connectivity index (χ3n) is 10.6. The van der Waals surface area contributed by atoms with E-state index in [9.17, 15) is 13.2 Å². The largest absolute Gasteiger partial charge is 0.384 e. The fourth-order valence-electron chi connectivity index (χ4n) is 7.75. The number of pyridine rings is 1. The SMILES string of the molecule is CN1c2ccccc2C(NCCCCCCC(=O)NCCCCCCCCNc2c3c(nc4cc(Cl)ccc24)CCCC3)c2ccc(Cl)cc2S1(=O)=O. The van der Waals surface area contributed by atoms with Gasteiger partial charge in [0, 0.05) is 53.4 Å². The molecule has 0 radical (unpaired) electrons. The molecule has 1 amide bonds. The number of nitrogens with zero attached hydrogens (tertiary/aromatic N) is 2. The summed E-state index contributed by atoms with van der Waals surface area (Å²) in [6.07, 6.45) is 15.8. The van der Waals surface area contributed by atoms with Crippen LogP contribution in [0, 0.1) is 0 Å². The van der Waals surface area contributed by atoms with E-state index in [1.54, 1.807) is 19.2 Å². The van der Waals surface area contributed by atoms with Gasteiger partial charge in [0.05, 0.1) is 22.1 Å². The van der Waals surface area contributed by atoms with Crippen LogP contribution in [0.4, 0.5) is 11.4 Å². The zero-order valence-corrected chi connectivity index (χ0v) is 33.2. The Balaban J connectivity index is 0.818. The zero-order chi connectivity index (χ0) is 37.2. The molecule has 4 aromatic rings. The molecule has 1 aliphatic heterocycles. The van der Waals surface area contributed by atoms with Crippen LogP contribution in [0.3, 0.4) is 0 Å². The second-order valence-electron chi connectivity index (χ2n) is 14.4. The van der Waals surface area contributed by atoms with Crippen LogP contribution in [-0.2, 0) is 27.7 Å². The molecule has 1 atom stereocenters. The highest BCUT2D eigenvalue weighted by molar-refractivity contribution is 7.92. The molecule has 2 aliphatic rings. The van der Waals surface area contributed by atoms with Gasteiger partial charge in [-0.25, -0.2) is 8.42 Å². The maximum Gasteiger partial charge on any atom is 0.264 e. The maximum atomic E-state index is 13.4. The molecule has 6 rings (SSSR count). The van der Waals surface area contributed by atoms with Gasteiger partial charge in [-0.1, -0.05) is 86.0 Å². The number of hydrogen-bond acceptors (Lipinski definition) is 6. The van der Waals surface area contributed by atoms with Crippen molar-refractivity contribution >= 4 is 61.4 Å². The summed E-state index contributed by atoms with van der Waals surface area (Å²) in [6, 6.07) is 18.5. The van der Waals surface area contributed by atoms with Crippen molar-refractivity contribution in [2.24, 2.45) is 0 Å². The van der Waals surface area contributed by atoms with Gasteiger partial charge >= 0.3 is 0 Å². The highest BCUT2D eigenvalue weighted by Crippen LogP contribution is 2.41. The minimum absolute atomic E-state index is 0.137. The number of halogens is 2. The van der Waals surface area contributed by atoms with Gasteiger partial charge in [-0.3, -0.25) is 14.1 Å². The standard InChI is InChI=1S/C42H53Cl2N5O3S/c1-49-38-19-12-10-17-34(38)42(35-24-22-31(44)29-39(35)53(49,51)52)47-27-15-7-4-8-20-40(50)45-25-13-5-2-3-6-14-26-46-41-32-16-9-11-18-36(32)48-37-28-30(43)21-23-33(37)41/h10,12,17,19,21-24,28-29,42,47H,2-9,11,13-16,18,20,25-27H2,1H3,(H,45,50)(H,46,48). The van der Waals surface area contributed by atoms with Crippen molar-refractivity contribution in [2.75, 3.05) is 36.3 Å². The van der Waals surface area contributed by atoms with E-state index in [1.807, 2.05) is 42.5 Å². The number of hydrogen-bond donors (Lipinski definition) is 3. The van der Waals surface area contributed by atoms with Crippen molar-refractivity contribution in [2.45, 2.75) is 107 Å². The van der Waals surface area contributed by atoms with Gasteiger partial charge in [0.15, 0.2) is 0 Å². The lowest BCUT2D eigenvalue weighted by molar-refractivity contribution is -0.121. The van der Waals surface area contributed by atoms with Crippen LogP contribution in [0.2, 0.25) is 10.0 Å². The third kappa shape index (κ3) is 9.85. The Labute approximate surface area is 325 Å². The fraction of sp³-hybridized carbons (Fsp3) is 0.476. The number of sulfonamides is 1. The molecule has 1 unspecified atom stereocenters. The molecule has 11 heteroatoms. The number of amides is 1. The number of fused-ring (bicyclic) bond motifs is 4. The average Bonchev–Trinajstić information content (AvgIpc) is 3.22. The molecule has 2 heterocycles. The number of carbonyl (C=O) groups is 1. The number of para-hydroxylation sites is 1. The van der Waals surface area contributed by atoms with E-state index in [4.69, 9.17) is 28.2 Å². The van der Waals surface area contributed by atoms with Crippen molar-refractivity contribution in [3.8, 4) is 0 Å². The third-order valence-corrected chi connectivity index (χ3v) is 12.9. The number of nitrogens with one attached hydrogen (secondary N) is 3. The quantitative estimate of drug-likeness (QED) is 0.0870. The molecule has 53 heavy (non-hydrogen) atoms. The van der Waals surface area contributed by atoms with Gasteiger partial charge in [-0.05, 0) is 111 Å². The van der Waals surface area contributed by atoms with Gasteiger partial charge in [0.1, 0.15) is 0 Å². The van der Waals surface area contributed by atoms with Crippen molar-refractivity contribution in [3.05, 3.63) is 93.1 Å². The molecule has 0 saturated carbocycles. The molecule has 0 saturated heterocycles. The van der Waals surface area contributed by atoms with E-state index in [0.29, 0.717) is 22.7 Å². The second-order valence-corrected chi connectivity index (χ2v) is 17.3. The van der Waals surface area contributed by atoms with Crippen LogP contribution < -0.4 is 20.3 Å². The average molecular weight is 779 g/mol. The summed E-state index contributed by atoms with van der Waals surface area (Å²) in [7, 11) is -2.15. The Morgan fingerprint density at radius 2 is 1.47 bits per heavy atom. The lowest BCUT2D eigenvalue weighted by Crippen LogP contribution is -2.26. The molecule has 1 aromatic heterocycles. The summed E-state index contributed by atoms with van der Waals surface area (Å²) < 4.78 is 28.2. The number of rotatable bonds is 18. The van der Waals surface area contributed by atoms with Crippen LogP contribution in [0.5, 0.6) is 0 Å². The molecule has 3 aromatic carbocycles. The molecule has 284 valence electrons. The predicted octanol–water partition coefficient (Wildman–Crippen LogP) is 9.76. The second kappa shape index (κ2) is 18.8. The zero-order valence-electron chi connectivity index (χ0n) is 30.9. The van der Waals surface area contributed by atoms with Gasteiger partial charge in [-0.2, -0.15) is 0 Å². The highest BCUT2D eigenvalue weighted by atomic mass is 35.5. The highest BCUT2D eigenvalue weighted by Gasteiger charge is 2.34. The number of aryl methyl sites for hydroxylation is 1. The lowest BCUT2D eigenvalue weighted by atomic mass is 9.92. The molecule has 8 nitrogen and oxygen atoms in total. The number of benzene rings is 3. The molecule has 0 fully saturated rings. The van der Waals surface area contributed by atoms with Crippen molar-refractivity contribution < 1.29 is 13.2 Å². The van der Waals surface area contributed by atoms with Crippen molar-refractivity contribution in [1.29, 1.82) is 0 Å². The number of carbonyl (C=O) groups excluding carboxylic acids is 1. The first-order valence-electron chi connectivity index (χ1n) is 19.5. The molecule has 3 N–H and O–H groups in total. The van der Waals surface area contributed by atoms with E-state index in [1.165, 1.54) is 58.7 Å². The Kier molecular flexibility index (Phi) is 13.9. The number of anilines is 2. The summed E-state index contributed by atoms with van der Waals surface area (Å²) >= 11 is 12.5. The summed E-state index contributed by atoms with van der Waals surface area (Å²) in [6.45, 7) is 2.44. The van der Waals surface area contributed by atoms with E-state index in [2.05, 4.69) is 22.0 Å². The van der Waals surface area contributed by atoms with Crippen LogP contribution in [0.25, 0.3) is 10.9 Å². The topological polar surface area (TPSA) is 103 Å². The van der Waals surface area contributed by atoms with Crippen LogP contribution >= 0.6 is 23.2 Å². The Bertz CT molecular complexity index is 1990. The van der Waals surface area contributed by atoms with Crippen LogP contribution in [0.1, 0.15) is 112 Å². The minimum atomic E-state index is -3.75. The fourth-order valence-corrected chi connectivity index (χ4v) is 9.63. The van der Waals surface area contributed by atoms with E-state index >= 15 is 0 Å². The summed E-state index contributed by atoms with van der Waals surface area (Å²) in [5, 5.41) is 12.8. The first kappa shape index (κ1) is 39.3. The predicted molar refractivity (Wildman–Crippen MR) is 219 cm³/mol. The van der Waals surface area contributed by atoms with Gasteiger partial charge in [0.2, 0.25) is 5.91 Å². The molecule has 1 aliphatic carbocycles. The molecular weight excluding hydrogens is 725 g/mol. The van der Waals surface area contributed by atoms with Crippen molar-refractivity contribution in [3.63, 3.8) is 0 Å². The van der Waals surface area contributed by atoms with Gasteiger partial charge in [-0.15, -0.1) is 0 Å². The van der Waals surface area contributed by atoms with E-state index < -0.39 is 10.0 Å². The van der Waals surface area contributed by atoms with Crippen molar-refractivity contribution in [1.82, 2.24) is 15.6 Å². The normalized spacial score (nSPS) is 16.1. The van der Waals surface area contributed by atoms with Gasteiger partial charge in [0.25, 0.3) is 10.0 Å². The Hall–Kier alpha value is -3.37. The van der Waals surface area contributed by atoms with Gasteiger partial charge < -0.3 is 16.0 Å². The minimum Gasteiger partial charge on any atom is -0.384 e. The molecule has 0 bridgehead atoms. The lowest BCUT2D eigenvalue weighted by Gasteiger charge is -2.22. The van der Waals surface area contributed by atoms with Crippen LogP contribution in [-0.4, -0.2) is 46.0 Å². The summed E-state index contributed by atoms with van der Waals surface area (Å²) in [4.78, 5) is 17.6. The first-order chi connectivity index (χ1) is 25.7. The molecule has 0 spiro atoms. The van der Waals surface area contributed by atoms with E-state index in [-0.39, 0.29) is 16.8 Å². The maximum absolute atomic E-state index is 13.4. The van der Waals surface area contributed by atoms with E-state index in [0.717, 1.165) is 93.5 Å².